The molecule has 0 saturated heterocycles. The SMILES string of the molecule is Cc1nn(C)c(Cl)c1CN1Cc2ccccc2C[C@H]1C(N)=O. The molecule has 1 atom stereocenters. The Bertz CT molecular complexity index is 725. The second-order valence-corrected chi connectivity index (χ2v) is 6.13. The van der Waals surface area contributed by atoms with Crippen molar-refractivity contribution in [3.8, 4) is 0 Å². The van der Waals surface area contributed by atoms with E-state index in [0.717, 1.165) is 11.3 Å². The first-order chi connectivity index (χ1) is 10.5. The highest BCUT2D eigenvalue weighted by Crippen LogP contribution is 2.28. The lowest BCUT2D eigenvalue weighted by atomic mass is 9.93. The van der Waals surface area contributed by atoms with E-state index in [9.17, 15) is 4.79 Å². The Morgan fingerprint density at radius 1 is 1.41 bits per heavy atom. The number of hydrogen-bond donors (Lipinski definition) is 1. The summed E-state index contributed by atoms with van der Waals surface area (Å²) in [5, 5.41) is 4.94. The van der Waals surface area contributed by atoms with Crippen molar-refractivity contribution < 1.29 is 4.79 Å². The zero-order valence-corrected chi connectivity index (χ0v) is 13.5. The normalized spacial score (nSPS) is 18.2. The highest BCUT2D eigenvalue weighted by atomic mass is 35.5. The molecule has 0 spiro atoms. The molecule has 2 N–H and O–H groups in total. The summed E-state index contributed by atoms with van der Waals surface area (Å²) in [7, 11) is 1.82. The molecule has 2 aromatic rings. The van der Waals surface area contributed by atoms with Gasteiger partial charge in [0.15, 0.2) is 0 Å². The average Bonchev–Trinajstić information content (AvgIpc) is 2.73. The van der Waals surface area contributed by atoms with Crippen LogP contribution >= 0.6 is 11.6 Å². The summed E-state index contributed by atoms with van der Waals surface area (Å²) >= 11 is 6.32. The van der Waals surface area contributed by atoms with E-state index < -0.39 is 0 Å². The fourth-order valence-electron chi connectivity index (χ4n) is 3.08. The molecule has 0 bridgehead atoms. The topological polar surface area (TPSA) is 64.2 Å². The number of benzene rings is 1. The Hall–Kier alpha value is -1.85. The van der Waals surface area contributed by atoms with E-state index in [-0.39, 0.29) is 11.9 Å². The predicted octanol–water partition coefficient (Wildman–Crippen LogP) is 1.79. The van der Waals surface area contributed by atoms with Crippen LogP contribution < -0.4 is 5.73 Å². The van der Waals surface area contributed by atoms with Crippen molar-refractivity contribution in [1.82, 2.24) is 14.7 Å². The van der Waals surface area contributed by atoms with Gasteiger partial charge in [-0.1, -0.05) is 35.9 Å². The van der Waals surface area contributed by atoms with E-state index in [0.29, 0.717) is 24.7 Å². The predicted molar refractivity (Wildman–Crippen MR) is 85.3 cm³/mol. The fourth-order valence-corrected chi connectivity index (χ4v) is 3.31. The molecule has 0 saturated carbocycles. The van der Waals surface area contributed by atoms with Crippen molar-refractivity contribution in [1.29, 1.82) is 0 Å². The van der Waals surface area contributed by atoms with Crippen molar-refractivity contribution in [2.24, 2.45) is 12.8 Å². The maximum Gasteiger partial charge on any atom is 0.235 e. The van der Waals surface area contributed by atoms with E-state index in [4.69, 9.17) is 17.3 Å². The molecule has 2 heterocycles. The molecular formula is C16H19ClN4O. The summed E-state index contributed by atoms with van der Waals surface area (Å²) < 4.78 is 1.66. The van der Waals surface area contributed by atoms with Gasteiger partial charge in [0.1, 0.15) is 5.15 Å². The Labute approximate surface area is 134 Å². The molecule has 0 radical (unpaired) electrons. The molecule has 116 valence electrons. The van der Waals surface area contributed by atoms with Crippen molar-refractivity contribution in [3.63, 3.8) is 0 Å². The average molecular weight is 319 g/mol. The summed E-state index contributed by atoms with van der Waals surface area (Å²) in [6, 6.07) is 7.85. The molecule has 3 rings (SSSR count). The smallest absolute Gasteiger partial charge is 0.235 e. The van der Waals surface area contributed by atoms with E-state index in [1.807, 2.05) is 26.1 Å². The van der Waals surface area contributed by atoms with E-state index in [1.54, 1.807) is 4.68 Å². The van der Waals surface area contributed by atoms with Gasteiger partial charge in [0.25, 0.3) is 0 Å². The lowest BCUT2D eigenvalue weighted by molar-refractivity contribution is -0.124. The van der Waals surface area contributed by atoms with Gasteiger partial charge in [0.2, 0.25) is 5.91 Å². The van der Waals surface area contributed by atoms with Crippen LogP contribution in [0.15, 0.2) is 24.3 Å². The highest BCUT2D eigenvalue weighted by Gasteiger charge is 2.31. The molecule has 0 unspecified atom stereocenters. The van der Waals surface area contributed by atoms with Crippen molar-refractivity contribution in [2.75, 3.05) is 0 Å². The van der Waals surface area contributed by atoms with Crippen molar-refractivity contribution in [2.45, 2.75) is 32.5 Å². The number of carbonyl (C=O) groups excluding carboxylic acids is 1. The van der Waals surface area contributed by atoms with Gasteiger partial charge in [-0.3, -0.25) is 14.4 Å². The number of fused-ring (bicyclic) bond motifs is 1. The first-order valence-corrected chi connectivity index (χ1v) is 7.63. The lowest BCUT2D eigenvalue weighted by Gasteiger charge is -2.35. The number of carbonyl (C=O) groups is 1. The zero-order chi connectivity index (χ0) is 15.9. The number of halogens is 1. The first kappa shape index (κ1) is 15.1. The van der Waals surface area contributed by atoms with Gasteiger partial charge in [-0.15, -0.1) is 0 Å². The number of hydrogen-bond acceptors (Lipinski definition) is 3. The van der Waals surface area contributed by atoms with Crippen LogP contribution in [0.1, 0.15) is 22.4 Å². The quantitative estimate of drug-likeness (QED) is 0.938. The third-order valence-electron chi connectivity index (χ3n) is 4.31. The van der Waals surface area contributed by atoms with Crippen LogP contribution in [0.3, 0.4) is 0 Å². The number of primary amides is 1. The molecule has 1 aromatic carbocycles. The summed E-state index contributed by atoms with van der Waals surface area (Å²) in [5.74, 6) is -0.299. The summed E-state index contributed by atoms with van der Waals surface area (Å²) in [4.78, 5) is 14.0. The minimum atomic E-state index is -0.314. The molecule has 1 aromatic heterocycles. The van der Waals surface area contributed by atoms with Crippen LogP contribution in [0.25, 0.3) is 0 Å². The third kappa shape index (κ3) is 2.62. The van der Waals surface area contributed by atoms with Crippen LogP contribution in [0, 0.1) is 6.92 Å². The van der Waals surface area contributed by atoms with Crippen LogP contribution in [-0.4, -0.2) is 26.6 Å². The second-order valence-electron chi connectivity index (χ2n) is 5.77. The minimum Gasteiger partial charge on any atom is -0.368 e. The van der Waals surface area contributed by atoms with Crippen molar-refractivity contribution >= 4 is 17.5 Å². The van der Waals surface area contributed by atoms with Gasteiger partial charge in [-0.05, 0) is 24.5 Å². The Morgan fingerprint density at radius 3 is 2.68 bits per heavy atom. The number of amides is 1. The first-order valence-electron chi connectivity index (χ1n) is 7.25. The Balaban J connectivity index is 1.93. The van der Waals surface area contributed by atoms with Crippen LogP contribution in [0.2, 0.25) is 5.15 Å². The number of nitrogens with zero attached hydrogens (tertiary/aromatic N) is 3. The molecule has 0 aliphatic carbocycles. The number of nitrogens with two attached hydrogens (primary N) is 1. The van der Waals surface area contributed by atoms with Gasteiger partial charge in [-0.25, -0.2) is 0 Å². The molecule has 0 fully saturated rings. The van der Waals surface area contributed by atoms with E-state index in [2.05, 4.69) is 22.1 Å². The number of aryl methyl sites for hydroxylation is 2. The van der Waals surface area contributed by atoms with Crippen LogP contribution in [-0.2, 0) is 31.4 Å². The third-order valence-corrected chi connectivity index (χ3v) is 4.78. The molecule has 1 aliphatic heterocycles. The highest BCUT2D eigenvalue weighted by molar-refractivity contribution is 6.30. The summed E-state index contributed by atoms with van der Waals surface area (Å²) in [6.45, 7) is 3.19. The van der Waals surface area contributed by atoms with Gasteiger partial charge in [0, 0.05) is 25.7 Å². The molecule has 5 nitrogen and oxygen atoms in total. The van der Waals surface area contributed by atoms with Crippen molar-refractivity contribution in [3.05, 3.63) is 51.8 Å². The monoisotopic (exact) mass is 318 g/mol. The maximum absolute atomic E-state index is 11.9. The molecule has 1 aliphatic rings. The molecule has 6 heteroatoms. The van der Waals surface area contributed by atoms with Gasteiger partial charge in [0.05, 0.1) is 11.7 Å². The second kappa shape index (κ2) is 5.74. The zero-order valence-electron chi connectivity index (χ0n) is 12.7. The largest absolute Gasteiger partial charge is 0.368 e. The molecular weight excluding hydrogens is 300 g/mol. The van der Waals surface area contributed by atoms with E-state index >= 15 is 0 Å². The Morgan fingerprint density at radius 2 is 2.09 bits per heavy atom. The maximum atomic E-state index is 11.9. The fraction of sp³-hybridized carbons (Fsp3) is 0.375. The van der Waals surface area contributed by atoms with Gasteiger partial charge in [-0.2, -0.15) is 5.10 Å². The number of aromatic nitrogens is 2. The standard InChI is InChI=1S/C16H19ClN4O/c1-10-13(15(17)20(2)19-10)9-21-8-12-6-4-3-5-11(12)7-14(21)16(18)22/h3-6,14H,7-9H2,1-2H3,(H2,18,22)/t14-/m0/s1. The Kier molecular flexibility index (Phi) is 3.93. The number of rotatable bonds is 3. The molecule has 22 heavy (non-hydrogen) atoms. The summed E-state index contributed by atoms with van der Waals surface area (Å²) in [5.41, 5.74) is 9.88. The van der Waals surface area contributed by atoms with E-state index in [1.165, 1.54) is 11.1 Å². The molecule has 1 amide bonds. The minimum absolute atomic E-state index is 0.299. The van der Waals surface area contributed by atoms with Crippen LogP contribution in [0.4, 0.5) is 0 Å². The summed E-state index contributed by atoms with van der Waals surface area (Å²) in [6.07, 6.45) is 0.641. The van der Waals surface area contributed by atoms with Gasteiger partial charge >= 0.3 is 0 Å². The van der Waals surface area contributed by atoms with Gasteiger partial charge < -0.3 is 5.73 Å². The lowest BCUT2D eigenvalue weighted by Crippen LogP contribution is -2.48. The van der Waals surface area contributed by atoms with Crippen LogP contribution in [0.5, 0.6) is 0 Å².